The summed E-state index contributed by atoms with van der Waals surface area (Å²) in [6.07, 6.45) is 0. The Morgan fingerprint density at radius 1 is 1.12 bits per heavy atom. The molecule has 0 radical (unpaired) electrons. The molecule has 11 heteroatoms. The Labute approximate surface area is 195 Å². The van der Waals surface area contributed by atoms with E-state index in [0.29, 0.717) is 5.69 Å². The summed E-state index contributed by atoms with van der Waals surface area (Å²) in [4.78, 5) is 15.2. The molecule has 0 bridgehead atoms. The van der Waals surface area contributed by atoms with E-state index in [0.717, 1.165) is 9.87 Å². The van der Waals surface area contributed by atoms with E-state index in [9.17, 15) is 21.6 Å². The van der Waals surface area contributed by atoms with Crippen molar-refractivity contribution in [2.45, 2.75) is 17.9 Å². The van der Waals surface area contributed by atoms with Crippen molar-refractivity contribution in [3.05, 3.63) is 54.1 Å². The number of nitrogens with zero attached hydrogens (tertiary/aromatic N) is 2. The van der Waals surface area contributed by atoms with Crippen LogP contribution in [-0.4, -0.2) is 77.2 Å². The van der Waals surface area contributed by atoms with Gasteiger partial charge in [-0.05, 0) is 30.7 Å². The summed E-state index contributed by atoms with van der Waals surface area (Å²) in [5, 5.41) is 2.81. The van der Waals surface area contributed by atoms with Crippen LogP contribution in [0.4, 0.5) is 5.69 Å². The Kier molecular flexibility index (Phi) is 7.78. The molecule has 0 saturated carbocycles. The van der Waals surface area contributed by atoms with Crippen LogP contribution in [0.5, 0.6) is 5.75 Å². The number of hydrogen-bond acceptors (Lipinski definition) is 7. The maximum absolute atomic E-state index is 13.4. The Morgan fingerprint density at radius 2 is 1.76 bits per heavy atom. The van der Waals surface area contributed by atoms with E-state index in [1.165, 1.54) is 26.2 Å². The Bertz CT molecular complexity index is 1180. The lowest BCUT2D eigenvalue weighted by Crippen LogP contribution is -2.46. The van der Waals surface area contributed by atoms with Crippen LogP contribution >= 0.6 is 0 Å². The quantitative estimate of drug-likeness (QED) is 0.594. The Morgan fingerprint density at radius 3 is 2.33 bits per heavy atom. The van der Waals surface area contributed by atoms with Crippen molar-refractivity contribution in [1.29, 1.82) is 0 Å². The van der Waals surface area contributed by atoms with Crippen LogP contribution in [0.3, 0.4) is 0 Å². The molecule has 180 valence electrons. The summed E-state index contributed by atoms with van der Waals surface area (Å²) in [6.45, 7) is 2.51. The van der Waals surface area contributed by atoms with Gasteiger partial charge in [0.15, 0.2) is 9.84 Å². The highest BCUT2D eigenvalue weighted by Gasteiger charge is 2.33. The molecule has 1 N–H and O–H groups in total. The van der Waals surface area contributed by atoms with E-state index in [1.54, 1.807) is 13.0 Å². The summed E-state index contributed by atoms with van der Waals surface area (Å²) >= 11 is 0. The molecule has 9 nitrogen and oxygen atoms in total. The predicted molar refractivity (Wildman–Crippen MR) is 127 cm³/mol. The third-order valence-corrected chi connectivity index (χ3v) is 8.82. The number of hydrogen-bond donors (Lipinski definition) is 1. The van der Waals surface area contributed by atoms with Crippen molar-refractivity contribution in [3.8, 4) is 5.75 Å². The highest BCUT2D eigenvalue weighted by atomic mass is 32.2. The lowest BCUT2D eigenvalue weighted by molar-refractivity contribution is -0.121. The minimum atomic E-state index is -3.81. The van der Waals surface area contributed by atoms with Crippen molar-refractivity contribution in [2.75, 3.05) is 50.6 Å². The lowest BCUT2D eigenvalue weighted by atomic mass is 10.0. The van der Waals surface area contributed by atoms with Crippen LogP contribution in [0.2, 0.25) is 0 Å². The highest BCUT2D eigenvalue weighted by Crippen LogP contribution is 2.31. The molecule has 1 amide bonds. The summed E-state index contributed by atoms with van der Waals surface area (Å²) in [7, 11) is -4.08. The fraction of sp³-hybridized carbons (Fsp3) is 0.409. The minimum Gasteiger partial charge on any atom is -0.492 e. The summed E-state index contributed by atoms with van der Waals surface area (Å²) in [5.41, 5.74) is 1.02. The number of benzene rings is 2. The molecule has 1 saturated heterocycles. The molecule has 33 heavy (non-hydrogen) atoms. The number of anilines is 1. The summed E-state index contributed by atoms with van der Waals surface area (Å²) in [6, 6.07) is 12.8. The van der Waals surface area contributed by atoms with Gasteiger partial charge in [0, 0.05) is 32.9 Å². The largest absolute Gasteiger partial charge is 0.492 e. The van der Waals surface area contributed by atoms with E-state index in [1.807, 2.05) is 35.2 Å². The third kappa shape index (κ3) is 5.91. The topological polar surface area (TPSA) is 113 Å². The normalized spacial score (nSPS) is 17.5. The van der Waals surface area contributed by atoms with Crippen molar-refractivity contribution in [1.82, 2.24) is 9.21 Å². The van der Waals surface area contributed by atoms with E-state index >= 15 is 0 Å². The van der Waals surface area contributed by atoms with Gasteiger partial charge in [0.1, 0.15) is 16.7 Å². The maximum Gasteiger partial charge on any atom is 0.246 e. The highest BCUT2D eigenvalue weighted by molar-refractivity contribution is 7.91. The van der Waals surface area contributed by atoms with E-state index in [4.69, 9.17) is 4.74 Å². The van der Waals surface area contributed by atoms with Crippen LogP contribution in [0.15, 0.2) is 53.4 Å². The number of sulfonamides is 1. The minimum absolute atomic E-state index is 0.0160. The molecule has 2 aromatic carbocycles. The van der Waals surface area contributed by atoms with Crippen molar-refractivity contribution >= 4 is 31.5 Å². The van der Waals surface area contributed by atoms with Crippen LogP contribution in [-0.2, 0) is 24.7 Å². The number of sulfone groups is 1. The SMILES string of the molecule is CCOc1ccc(NC(=O)C(c2ccccc2)N2CCS(=O)(=O)CC2)cc1S(=O)(=O)N(C)C. The number of ether oxygens (including phenoxy) is 1. The molecule has 0 aliphatic carbocycles. The van der Waals surface area contributed by atoms with E-state index < -0.39 is 25.9 Å². The molecule has 0 aromatic heterocycles. The Balaban J connectivity index is 1.94. The molecular weight excluding hydrogens is 466 g/mol. The fourth-order valence-corrected chi connectivity index (χ4v) is 5.90. The van der Waals surface area contributed by atoms with Gasteiger partial charge < -0.3 is 10.1 Å². The van der Waals surface area contributed by atoms with Gasteiger partial charge in [0.05, 0.1) is 18.1 Å². The molecule has 1 heterocycles. The molecule has 1 aliphatic heterocycles. The zero-order valence-corrected chi connectivity index (χ0v) is 20.5. The third-order valence-electron chi connectivity index (χ3n) is 5.38. The van der Waals surface area contributed by atoms with Crippen LogP contribution in [0.25, 0.3) is 0 Å². The lowest BCUT2D eigenvalue weighted by Gasteiger charge is -2.33. The first-order valence-electron chi connectivity index (χ1n) is 10.5. The molecule has 1 unspecified atom stereocenters. The number of rotatable bonds is 8. The second-order valence-electron chi connectivity index (χ2n) is 7.87. The first-order chi connectivity index (χ1) is 15.5. The van der Waals surface area contributed by atoms with E-state index in [2.05, 4.69) is 5.32 Å². The molecule has 3 rings (SSSR count). The van der Waals surface area contributed by atoms with Crippen molar-refractivity contribution in [2.24, 2.45) is 0 Å². The number of carbonyl (C=O) groups is 1. The predicted octanol–water partition coefficient (Wildman–Crippen LogP) is 1.75. The van der Waals surface area contributed by atoms with Crippen LogP contribution in [0, 0.1) is 0 Å². The molecule has 0 spiro atoms. The van der Waals surface area contributed by atoms with Crippen LogP contribution in [0.1, 0.15) is 18.5 Å². The van der Waals surface area contributed by atoms with Gasteiger partial charge in [-0.15, -0.1) is 0 Å². The zero-order chi connectivity index (χ0) is 24.2. The summed E-state index contributed by atoms with van der Waals surface area (Å²) in [5.74, 6) is -0.210. The van der Waals surface area contributed by atoms with Crippen molar-refractivity contribution in [3.63, 3.8) is 0 Å². The van der Waals surface area contributed by atoms with Gasteiger partial charge in [-0.25, -0.2) is 21.1 Å². The van der Waals surface area contributed by atoms with Crippen LogP contribution < -0.4 is 10.1 Å². The van der Waals surface area contributed by atoms with Gasteiger partial charge in [0.25, 0.3) is 0 Å². The Hall–Kier alpha value is -2.47. The molecule has 1 fully saturated rings. The first-order valence-corrected chi connectivity index (χ1v) is 13.8. The molecular formula is C22H29N3O6S2. The smallest absolute Gasteiger partial charge is 0.246 e. The van der Waals surface area contributed by atoms with Gasteiger partial charge in [-0.2, -0.15) is 0 Å². The zero-order valence-electron chi connectivity index (χ0n) is 18.9. The number of amides is 1. The number of carbonyl (C=O) groups excluding carboxylic acids is 1. The second-order valence-corrected chi connectivity index (χ2v) is 12.3. The average molecular weight is 496 g/mol. The van der Waals surface area contributed by atoms with Gasteiger partial charge >= 0.3 is 0 Å². The van der Waals surface area contributed by atoms with Gasteiger partial charge in [-0.1, -0.05) is 30.3 Å². The average Bonchev–Trinajstić information content (AvgIpc) is 2.77. The van der Waals surface area contributed by atoms with Crippen molar-refractivity contribution < 1.29 is 26.4 Å². The molecule has 2 aromatic rings. The van der Waals surface area contributed by atoms with Gasteiger partial charge in [0.2, 0.25) is 15.9 Å². The number of nitrogens with one attached hydrogen (secondary N) is 1. The summed E-state index contributed by atoms with van der Waals surface area (Å²) < 4.78 is 55.9. The molecule has 1 aliphatic rings. The van der Waals surface area contributed by atoms with Gasteiger partial charge in [-0.3, -0.25) is 9.69 Å². The molecule has 1 atom stereocenters. The maximum atomic E-state index is 13.4. The fourth-order valence-electron chi connectivity index (χ4n) is 3.62. The van der Waals surface area contributed by atoms with E-state index in [-0.39, 0.29) is 47.8 Å². The monoisotopic (exact) mass is 495 g/mol. The first kappa shape index (κ1) is 25.2. The standard InChI is InChI=1S/C22H29N3O6S2/c1-4-31-19-11-10-18(16-20(19)33(29,30)24(2)3)23-22(26)21(17-8-6-5-7-9-17)25-12-14-32(27,28)15-13-25/h5-11,16,21H,4,12-15H2,1-3H3,(H,23,26). The second kappa shape index (κ2) is 10.2.